The van der Waals surface area contributed by atoms with Crippen LogP contribution in [0.1, 0.15) is 34.1 Å². The third-order valence-electron chi connectivity index (χ3n) is 2.94. The number of amides is 2. The topological polar surface area (TPSA) is 46.6 Å². The quantitative estimate of drug-likeness (QED) is 0.591. The molecule has 1 aliphatic heterocycles. The van der Waals surface area contributed by atoms with Gasteiger partial charge in [-0.1, -0.05) is 11.6 Å². The molecule has 16 heavy (non-hydrogen) atoms. The number of imide groups is 1. The van der Waals surface area contributed by atoms with Gasteiger partial charge in [0.1, 0.15) is 5.60 Å². The molecule has 2 rings (SSSR count). The van der Waals surface area contributed by atoms with Crippen LogP contribution in [0, 0.1) is 5.92 Å². The van der Waals surface area contributed by atoms with E-state index in [1.807, 2.05) is 13.0 Å². The molecule has 2 bridgehead atoms. The third-order valence-corrected chi connectivity index (χ3v) is 2.94. The van der Waals surface area contributed by atoms with E-state index in [1.54, 1.807) is 20.8 Å². The van der Waals surface area contributed by atoms with Crippen LogP contribution in [0.3, 0.4) is 0 Å². The lowest BCUT2D eigenvalue weighted by molar-refractivity contribution is -0.130. The van der Waals surface area contributed by atoms with Crippen molar-refractivity contribution in [3.8, 4) is 0 Å². The van der Waals surface area contributed by atoms with Crippen LogP contribution in [0.4, 0.5) is 4.79 Å². The fourth-order valence-electron chi connectivity index (χ4n) is 2.26. The summed E-state index contributed by atoms with van der Waals surface area (Å²) in [6.07, 6.45) is 2.19. The highest BCUT2D eigenvalue weighted by atomic mass is 16.6. The van der Waals surface area contributed by atoms with Gasteiger partial charge in [0, 0.05) is 0 Å². The summed E-state index contributed by atoms with van der Waals surface area (Å²) in [5.41, 5.74) is 0.521. The minimum absolute atomic E-state index is 0.0904. The van der Waals surface area contributed by atoms with Crippen LogP contribution in [0.15, 0.2) is 11.6 Å². The van der Waals surface area contributed by atoms with Gasteiger partial charge in [0.15, 0.2) is 0 Å². The van der Waals surface area contributed by atoms with Crippen molar-refractivity contribution in [1.82, 2.24) is 4.90 Å². The van der Waals surface area contributed by atoms with Gasteiger partial charge >= 0.3 is 6.09 Å². The fraction of sp³-hybridized carbons (Fsp3) is 0.667. The van der Waals surface area contributed by atoms with Crippen LogP contribution < -0.4 is 0 Å². The van der Waals surface area contributed by atoms with Gasteiger partial charge in [0.2, 0.25) is 5.91 Å². The van der Waals surface area contributed by atoms with E-state index in [0.29, 0.717) is 0 Å². The summed E-state index contributed by atoms with van der Waals surface area (Å²) < 4.78 is 5.22. The van der Waals surface area contributed by atoms with Crippen LogP contribution in [0.25, 0.3) is 0 Å². The van der Waals surface area contributed by atoms with E-state index in [1.165, 1.54) is 4.90 Å². The second-order valence-electron chi connectivity index (χ2n) is 5.45. The number of carbonyl (C=O) groups is 2. The summed E-state index contributed by atoms with van der Waals surface area (Å²) in [6.45, 7) is 7.33. The van der Waals surface area contributed by atoms with Crippen molar-refractivity contribution in [2.75, 3.05) is 0 Å². The number of nitrogens with zero attached hydrogens (tertiary/aromatic N) is 1. The maximum absolute atomic E-state index is 11.9. The number of hydrogen-bond donors (Lipinski definition) is 0. The van der Waals surface area contributed by atoms with Gasteiger partial charge in [-0.15, -0.1) is 0 Å². The van der Waals surface area contributed by atoms with Crippen LogP contribution in [-0.2, 0) is 9.53 Å². The molecule has 2 atom stereocenters. The Labute approximate surface area is 95.2 Å². The number of fused-ring (bicyclic) bond motifs is 2. The predicted molar refractivity (Wildman–Crippen MR) is 58.7 cm³/mol. The summed E-state index contributed by atoms with van der Waals surface area (Å²) in [4.78, 5) is 25.0. The Bertz CT molecular complexity index is 378. The van der Waals surface area contributed by atoms with Crippen LogP contribution >= 0.6 is 0 Å². The van der Waals surface area contributed by atoms with E-state index in [9.17, 15) is 9.59 Å². The van der Waals surface area contributed by atoms with Gasteiger partial charge in [-0.3, -0.25) is 4.79 Å². The first-order valence-electron chi connectivity index (χ1n) is 5.54. The standard InChI is InChI=1S/C12H17NO3/c1-7-5-8-6-9(7)10(14)13(8)11(15)16-12(2,3)4/h5,8-9H,6H2,1-4H3/t8-,9-/m0/s1. The molecule has 0 spiro atoms. The van der Waals surface area contributed by atoms with Crippen molar-refractivity contribution in [2.45, 2.75) is 45.8 Å². The Morgan fingerprint density at radius 1 is 1.50 bits per heavy atom. The van der Waals surface area contributed by atoms with E-state index >= 15 is 0 Å². The van der Waals surface area contributed by atoms with Crippen molar-refractivity contribution < 1.29 is 14.3 Å². The molecule has 0 radical (unpaired) electrons. The zero-order chi connectivity index (χ0) is 12.1. The van der Waals surface area contributed by atoms with Gasteiger partial charge in [0.05, 0.1) is 12.0 Å². The predicted octanol–water partition coefficient (Wildman–Crippen LogP) is 2.10. The first-order chi connectivity index (χ1) is 7.29. The van der Waals surface area contributed by atoms with Gasteiger partial charge in [0.25, 0.3) is 0 Å². The molecule has 4 heteroatoms. The molecule has 88 valence electrons. The molecule has 2 amide bonds. The molecule has 0 aromatic heterocycles. The van der Waals surface area contributed by atoms with Crippen molar-refractivity contribution in [1.29, 1.82) is 0 Å². The Balaban J connectivity index is 2.13. The number of ether oxygens (including phenoxy) is 1. The Kier molecular flexibility index (Phi) is 2.33. The molecule has 0 aromatic rings. The third kappa shape index (κ3) is 1.72. The average molecular weight is 223 g/mol. The lowest BCUT2D eigenvalue weighted by Crippen LogP contribution is -2.43. The van der Waals surface area contributed by atoms with E-state index in [-0.39, 0.29) is 17.9 Å². The molecule has 1 fully saturated rings. The van der Waals surface area contributed by atoms with Gasteiger partial charge in [-0.2, -0.15) is 0 Å². The minimum Gasteiger partial charge on any atom is -0.443 e. The summed E-state index contributed by atoms with van der Waals surface area (Å²) >= 11 is 0. The fourth-order valence-corrected chi connectivity index (χ4v) is 2.26. The SMILES string of the molecule is CC1=C[C@H]2C[C@@H]1C(=O)N2C(=O)OC(C)(C)C. The van der Waals surface area contributed by atoms with Gasteiger partial charge < -0.3 is 4.74 Å². The van der Waals surface area contributed by atoms with Crippen LogP contribution in [0.2, 0.25) is 0 Å². The lowest BCUT2D eigenvalue weighted by Gasteiger charge is -2.27. The molecule has 0 N–H and O–H groups in total. The lowest BCUT2D eigenvalue weighted by atomic mass is 10.0. The number of rotatable bonds is 0. The second-order valence-corrected chi connectivity index (χ2v) is 5.45. The molecule has 0 unspecified atom stereocenters. The monoisotopic (exact) mass is 223 g/mol. The number of carbonyl (C=O) groups excluding carboxylic acids is 2. The molecular weight excluding hydrogens is 206 g/mol. The molecule has 1 heterocycles. The highest BCUT2D eigenvalue weighted by Gasteiger charge is 2.48. The molecule has 1 saturated heterocycles. The first-order valence-corrected chi connectivity index (χ1v) is 5.54. The largest absolute Gasteiger partial charge is 0.443 e. The maximum atomic E-state index is 11.9. The van der Waals surface area contributed by atoms with Crippen molar-refractivity contribution in [3.05, 3.63) is 11.6 Å². The van der Waals surface area contributed by atoms with E-state index in [4.69, 9.17) is 4.74 Å². The van der Waals surface area contributed by atoms with Crippen LogP contribution in [0.5, 0.6) is 0 Å². The Hall–Kier alpha value is -1.32. The Morgan fingerprint density at radius 2 is 2.12 bits per heavy atom. The van der Waals surface area contributed by atoms with Gasteiger partial charge in [-0.25, -0.2) is 9.69 Å². The summed E-state index contributed by atoms with van der Waals surface area (Å²) in [7, 11) is 0. The van der Waals surface area contributed by atoms with E-state index in [0.717, 1.165) is 12.0 Å². The summed E-state index contributed by atoms with van der Waals surface area (Å²) in [5, 5.41) is 0. The average Bonchev–Trinajstić information content (AvgIpc) is 2.56. The van der Waals surface area contributed by atoms with Crippen molar-refractivity contribution >= 4 is 12.0 Å². The minimum atomic E-state index is -0.558. The molecule has 1 aliphatic carbocycles. The first kappa shape index (κ1) is 11.2. The van der Waals surface area contributed by atoms with Gasteiger partial charge in [-0.05, 0) is 34.1 Å². The zero-order valence-corrected chi connectivity index (χ0v) is 10.1. The highest BCUT2D eigenvalue weighted by molar-refractivity contribution is 5.98. The van der Waals surface area contributed by atoms with Crippen molar-refractivity contribution in [2.24, 2.45) is 5.92 Å². The number of likely N-dealkylation sites (tertiary alicyclic amines) is 1. The van der Waals surface area contributed by atoms with Crippen molar-refractivity contribution in [3.63, 3.8) is 0 Å². The molecule has 0 saturated carbocycles. The normalized spacial score (nSPS) is 28.4. The molecular formula is C12H17NO3. The van der Waals surface area contributed by atoms with E-state index in [2.05, 4.69) is 0 Å². The molecule has 0 aromatic carbocycles. The molecule has 4 nitrogen and oxygen atoms in total. The maximum Gasteiger partial charge on any atom is 0.417 e. The second kappa shape index (κ2) is 3.34. The molecule has 2 aliphatic rings. The summed E-state index contributed by atoms with van der Waals surface area (Å²) in [5.74, 6) is -0.211. The summed E-state index contributed by atoms with van der Waals surface area (Å²) in [6, 6.07) is -0.0904. The Morgan fingerprint density at radius 3 is 2.56 bits per heavy atom. The van der Waals surface area contributed by atoms with Crippen LogP contribution in [-0.4, -0.2) is 28.5 Å². The zero-order valence-electron chi connectivity index (χ0n) is 10.1. The van der Waals surface area contributed by atoms with E-state index < -0.39 is 11.7 Å². The smallest absolute Gasteiger partial charge is 0.417 e. The highest BCUT2D eigenvalue weighted by Crippen LogP contribution is 2.38. The number of hydrogen-bond acceptors (Lipinski definition) is 3.